The van der Waals surface area contributed by atoms with Crippen molar-refractivity contribution in [1.82, 2.24) is 4.72 Å². The molecule has 2 N–H and O–H groups in total. The molecule has 2 amide bonds. The van der Waals surface area contributed by atoms with Gasteiger partial charge in [-0.2, -0.15) is 8.42 Å². The molecule has 146 valence electrons. The Morgan fingerprint density at radius 2 is 1.57 bits per heavy atom. The zero-order valence-electron chi connectivity index (χ0n) is 15.6. The quantitative estimate of drug-likeness (QED) is 0.835. The minimum Gasteiger partial charge on any atom is -0.307 e. The van der Waals surface area contributed by atoms with Crippen LogP contribution in [0.25, 0.3) is 0 Å². The number of nitrogens with zero attached hydrogens (tertiary/aromatic N) is 1. The Morgan fingerprint density at radius 1 is 0.893 bits per heavy atom. The summed E-state index contributed by atoms with van der Waals surface area (Å²) in [5.41, 5.74) is 7.42. The van der Waals surface area contributed by atoms with Gasteiger partial charge in [0, 0.05) is 12.2 Å². The highest BCUT2D eigenvalue weighted by Crippen LogP contribution is 2.38. The number of benzene rings is 2. The van der Waals surface area contributed by atoms with Gasteiger partial charge in [-0.15, -0.1) is 0 Å². The number of hydrogen-bond donors (Lipinski definition) is 2. The summed E-state index contributed by atoms with van der Waals surface area (Å²) in [7, 11) is -3.95. The van der Waals surface area contributed by atoms with Crippen molar-refractivity contribution in [2.75, 3.05) is 16.2 Å². The maximum atomic E-state index is 12.8. The van der Waals surface area contributed by atoms with Crippen molar-refractivity contribution in [1.29, 1.82) is 0 Å². The maximum Gasteiger partial charge on any atom is 0.334 e. The van der Waals surface area contributed by atoms with Gasteiger partial charge in [0.25, 0.3) is 0 Å². The van der Waals surface area contributed by atoms with Crippen molar-refractivity contribution < 1.29 is 13.2 Å². The summed E-state index contributed by atoms with van der Waals surface area (Å²) >= 11 is 0. The van der Waals surface area contributed by atoms with Gasteiger partial charge in [0.2, 0.25) is 0 Å². The molecule has 2 aromatic rings. The second-order valence-electron chi connectivity index (χ2n) is 7.75. The minimum atomic E-state index is -3.95. The van der Waals surface area contributed by atoms with Crippen LogP contribution in [-0.4, -0.2) is 21.0 Å². The number of carbonyl (C=O) groups is 1. The number of carbonyl (C=O) groups excluding carboxylic acids is 1. The third-order valence-electron chi connectivity index (χ3n) is 6.07. The summed E-state index contributed by atoms with van der Waals surface area (Å²) in [4.78, 5) is 12.7. The summed E-state index contributed by atoms with van der Waals surface area (Å²) in [5.74, 6) is 0. The highest BCUT2D eigenvalue weighted by Gasteiger charge is 2.31. The van der Waals surface area contributed by atoms with Crippen molar-refractivity contribution >= 4 is 27.6 Å². The largest absolute Gasteiger partial charge is 0.334 e. The summed E-state index contributed by atoms with van der Waals surface area (Å²) in [5, 5.41) is 2.89. The fraction of sp³-hybridized carbons (Fsp3) is 0.381. The van der Waals surface area contributed by atoms with Crippen LogP contribution in [0.3, 0.4) is 0 Å². The first-order valence-electron chi connectivity index (χ1n) is 9.89. The van der Waals surface area contributed by atoms with Crippen molar-refractivity contribution in [2.45, 2.75) is 44.9 Å². The Hall–Kier alpha value is -2.54. The zero-order valence-corrected chi connectivity index (χ0v) is 16.4. The highest BCUT2D eigenvalue weighted by molar-refractivity contribution is 7.91. The van der Waals surface area contributed by atoms with Gasteiger partial charge < -0.3 is 5.32 Å². The van der Waals surface area contributed by atoms with E-state index in [-0.39, 0.29) is 0 Å². The molecule has 5 rings (SSSR count). The van der Waals surface area contributed by atoms with E-state index < -0.39 is 16.2 Å². The van der Waals surface area contributed by atoms with Crippen LogP contribution in [0.5, 0.6) is 0 Å². The van der Waals surface area contributed by atoms with Gasteiger partial charge in [0.05, 0.1) is 5.69 Å². The SMILES string of the molecule is O=C(Nc1c2c(cc3c1CCC3)CCC2)NS(=O)(=O)N1CCc2ccccc21. The predicted octanol–water partition coefficient (Wildman–Crippen LogP) is 3.09. The lowest BCUT2D eigenvalue weighted by Gasteiger charge is -2.21. The van der Waals surface area contributed by atoms with Crippen molar-refractivity contribution in [2.24, 2.45) is 0 Å². The molecular formula is C21H23N3O3S. The normalized spacial score (nSPS) is 17.2. The summed E-state index contributed by atoms with van der Waals surface area (Å²) in [6.07, 6.45) is 6.74. The molecule has 28 heavy (non-hydrogen) atoms. The summed E-state index contributed by atoms with van der Waals surface area (Å²) < 4.78 is 29.1. The van der Waals surface area contributed by atoms with E-state index in [1.165, 1.54) is 26.6 Å². The zero-order chi connectivity index (χ0) is 19.3. The van der Waals surface area contributed by atoms with E-state index in [0.29, 0.717) is 18.7 Å². The number of para-hydroxylation sites is 1. The third kappa shape index (κ3) is 2.85. The molecule has 0 radical (unpaired) electrons. The molecule has 2 aromatic carbocycles. The van der Waals surface area contributed by atoms with Gasteiger partial charge in [0.1, 0.15) is 0 Å². The predicted molar refractivity (Wildman–Crippen MR) is 109 cm³/mol. The lowest BCUT2D eigenvalue weighted by atomic mass is 9.99. The first-order valence-corrected chi connectivity index (χ1v) is 11.3. The van der Waals surface area contributed by atoms with E-state index in [9.17, 15) is 13.2 Å². The van der Waals surface area contributed by atoms with Crippen LogP contribution < -0.4 is 14.3 Å². The molecule has 0 saturated carbocycles. The van der Waals surface area contributed by atoms with Gasteiger partial charge in [0.15, 0.2) is 0 Å². The molecule has 1 heterocycles. The molecule has 0 fully saturated rings. The van der Waals surface area contributed by atoms with E-state index in [1.54, 1.807) is 6.07 Å². The molecule has 3 aliphatic rings. The number of urea groups is 1. The Bertz CT molecular complexity index is 1050. The molecule has 0 bridgehead atoms. The van der Waals surface area contributed by atoms with Crippen LogP contribution in [0.4, 0.5) is 16.2 Å². The molecule has 0 unspecified atom stereocenters. The van der Waals surface area contributed by atoms with E-state index in [2.05, 4.69) is 16.1 Å². The molecular weight excluding hydrogens is 374 g/mol. The maximum absolute atomic E-state index is 12.8. The van der Waals surface area contributed by atoms with E-state index >= 15 is 0 Å². The molecule has 7 heteroatoms. The molecule has 0 aromatic heterocycles. The number of fused-ring (bicyclic) bond motifs is 3. The molecule has 0 atom stereocenters. The van der Waals surface area contributed by atoms with Crippen LogP contribution in [0.15, 0.2) is 30.3 Å². The van der Waals surface area contributed by atoms with Crippen molar-refractivity contribution in [3.05, 3.63) is 58.1 Å². The third-order valence-corrected chi connectivity index (χ3v) is 7.47. The van der Waals surface area contributed by atoms with Gasteiger partial charge in [-0.05, 0) is 78.8 Å². The van der Waals surface area contributed by atoms with Crippen molar-refractivity contribution in [3.8, 4) is 0 Å². The number of nitrogens with one attached hydrogen (secondary N) is 2. The van der Waals surface area contributed by atoms with Gasteiger partial charge in [-0.25, -0.2) is 9.52 Å². The molecule has 1 aliphatic heterocycles. The van der Waals surface area contributed by atoms with Gasteiger partial charge in [-0.3, -0.25) is 4.31 Å². The van der Waals surface area contributed by atoms with Crippen LogP contribution in [-0.2, 0) is 42.3 Å². The summed E-state index contributed by atoms with van der Waals surface area (Å²) in [6, 6.07) is 9.00. The number of anilines is 2. The minimum absolute atomic E-state index is 0.345. The van der Waals surface area contributed by atoms with Gasteiger partial charge >= 0.3 is 16.2 Å². The highest BCUT2D eigenvalue weighted by atomic mass is 32.2. The molecule has 6 nitrogen and oxygen atoms in total. The first-order chi connectivity index (χ1) is 13.5. The van der Waals surface area contributed by atoms with Crippen LogP contribution >= 0.6 is 0 Å². The first kappa shape index (κ1) is 17.6. The van der Waals surface area contributed by atoms with E-state index in [0.717, 1.165) is 49.8 Å². The van der Waals surface area contributed by atoms with E-state index in [4.69, 9.17) is 0 Å². The lowest BCUT2D eigenvalue weighted by Crippen LogP contribution is -2.44. The average molecular weight is 398 g/mol. The molecule has 2 aliphatic carbocycles. The Balaban J connectivity index is 1.39. The summed E-state index contributed by atoms with van der Waals surface area (Å²) in [6.45, 7) is 0.345. The standard InChI is InChI=1S/C21H23N3O3S/c25-21(23-28(26,27)24-12-11-14-5-1-2-10-19(14)24)22-20-17-8-3-6-15(17)13-16-7-4-9-18(16)20/h1-2,5,10,13H,3-4,6-9,11-12H2,(H2,22,23,25). The Labute approximate surface area is 165 Å². The average Bonchev–Trinajstić information content (AvgIpc) is 3.39. The fourth-order valence-electron chi connectivity index (χ4n) is 4.84. The smallest absolute Gasteiger partial charge is 0.307 e. The fourth-order valence-corrected chi connectivity index (χ4v) is 6.00. The number of rotatable bonds is 3. The lowest BCUT2D eigenvalue weighted by molar-refractivity contribution is 0.256. The van der Waals surface area contributed by atoms with E-state index in [1.807, 2.05) is 18.2 Å². The Kier molecular flexibility index (Phi) is 4.08. The number of amides is 2. The molecule has 0 saturated heterocycles. The number of hydrogen-bond acceptors (Lipinski definition) is 3. The Morgan fingerprint density at radius 3 is 2.29 bits per heavy atom. The van der Waals surface area contributed by atoms with Crippen LogP contribution in [0, 0.1) is 0 Å². The second-order valence-corrected chi connectivity index (χ2v) is 9.34. The topological polar surface area (TPSA) is 78.5 Å². The number of aryl methyl sites for hydroxylation is 2. The van der Waals surface area contributed by atoms with Crippen LogP contribution in [0.1, 0.15) is 40.7 Å². The second kappa shape index (κ2) is 6.51. The van der Waals surface area contributed by atoms with Crippen LogP contribution in [0.2, 0.25) is 0 Å². The molecule has 0 spiro atoms. The van der Waals surface area contributed by atoms with Crippen molar-refractivity contribution in [3.63, 3.8) is 0 Å². The van der Waals surface area contributed by atoms with Gasteiger partial charge in [-0.1, -0.05) is 24.3 Å². The monoisotopic (exact) mass is 397 g/mol.